The fourth-order valence-corrected chi connectivity index (χ4v) is 5.84. The zero-order valence-electron chi connectivity index (χ0n) is 19.3. The predicted octanol–water partition coefficient (Wildman–Crippen LogP) is 8.92. The quantitative estimate of drug-likeness (QED) is 0.338. The lowest BCUT2D eigenvalue weighted by Gasteiger charge is -2.29. The Hall–Kier alpha value is -0.980. The Balaban J connectivity index is 1.32. The minimum Gasteiger partial charge on any atom is -0.494 e. The second-order valence-corrected chi connectivity index (χ2v) is 10.1. The summed E-state index contributed by atoms with van der Waals surface area (Å²) in [6, 6.07) is 9.11. The van der Waals surface area contributed by atoms with E-state index in [1.165, 1.54) is 102 Å². The molecule has 0 spiro atoms. The van der Waals surface area contributed by atoms with E-state index in [1.54, 1.807) is 0 Å². The van der Waals surface area contributed by atoms with Gasteiger partial charge in [0.1, 0.15) is 5.75 Å². The van der Waals surface area contributed by atoms with Crippen molar-refractivity contribution >= 4 is 0 Å². The van der Waals surface area contributed by atoms with Crippen LogP contribution in [0.5, 0.6) is 5.75 Å². The predicted molar refractivity (Wildman–Crippen MR) is 126 cm³/mol. The molecule has 3 rings (SSSR count). The molecule has 2 saturated carbocycles. The van der Waals surface area contributed by atoms with Crippen LogP contribution in [0.4, 0.5) is 0 Å². The minimum absolute atomic E-state index is 0.781. The lowest BCUT2D eigenvalue weighted by atomic mass is 9.77. The van der Waals surface area contributed by atoms with Crippen molar-refractivity contribution in [3.05, 3.63) is 29.8 Å². The molecule has 2 aliphatic rings. The van der Waals surface area contributed by atoms with Crippen LogP contribution < -0.4 is 4.74 Å². The lowest BCUT2D eigenvalue weighted by molar-refractivity contribution is 0.217. The van der Waals surface area contributed by atoms with Gasteiger partial charge in [0.05, 0.1) is 6.61 Å². The molecule has 1 heteroatoms. The van der Waals surface area contributed by atoms with Crippen molar-refractivity contribution < 1.29 is 4.74 Å². The minimum atomic E-state index is 0.781. The summed E-state index contributed by atoms with van der Waals surface area (Å²) in [5.41, 5.74) is 1.54. The molecule has 0 saturated heterocycles. The monoisotopic (exact) mass is 398 g/mol. The van der Waals surface area contributed by atoms with Gasteiger partial charge in [0, 0.05) is 0 Å². The van der Waals surface area contributed by atoms with Gasteiger partial charge in [-0.25, -0.2) is 0 Å². The maximum atomic E-state index is 6.06. The van der Waals surface area contributed by atoms with Gasteiger partial charge in [0.25, 0.3) is 0 Å². The normalized spacial score (nSPS) is 27.7. The molecule has 2 aliphatic carbocycles. The first-order valence-electron chi connectivity index (χ1n) is 13.0. The maximum Gasteiger partial charge on any atom is 0.119 e. The third-order valence-corrected chi connectivity index (χ3v) is 7.94. The third-order valence-electron chi connectivity index (χ3n) is 7.94. The number of ether oxygens (including phenoxy) is 1. The molecule has 1 aromatic carbocycles. The molecule has 1 nitrogen and oxygen atoms in total. The van der Waals surface area contributed by atoms with E-state index in [2.05, 4.69) is 38.1 Å². The Morgan fingerprint density at radius 1 is 0.793 bits per heavy atom. The molecule has 1 aromatic rings. The van der Waals surface area contributed by atoms with Crippen LogP contribution in [0.1, 0.15) is 122 Å². The summed E-state index contributed by atoms with van der Waals surface area (Å²) in [5, 5.41) is 0. The van der Waals surface area contributed by atoms with Crippen molar-refractivity contribution in [3.8, 4) is 5.75 Å². The lowest BCUT2D eigenvalue weighted by Crippen LogP contribution is -2.17. The largest absolute Gasteiger partial charge is 0.494 e. The topological polar surface area (TPSA) is 9.23 Å². The number of unbranched alkanes of at least 4 members (excludes halogenated alkanes) is 3. The molecular weight excluding hydrogens is 352 g/mol. The van der Waals surface area contributed by atoms with Gasteiger partial charge in [-0.1, -0.05) is 83.8 Å². The molecule has 2 atom stereocenters. The van der Waals surface area contributed by atoms with E-state index in [4.69, 9.17) is 4.74 Å². The second kappa shape index (κ2) is 12.7. The first kappa shape index (κ1) is 22.7. The summed E-state index contributed by atoms with van der Waals surface area (Å²) < 4.78 is 6.06. The Morgan fingerprint density at radius 3 is 2.28 bits per heavy atom. The molecule has 29 heavy (non-hydrogen) atoms. The first-order valence-corrected chi connectivity index (χ1v) is 13.0. The van der Waals surface area contributed by atoms with E-state index < -0.39 is 0 Å². The molecule has 0 amide bonds. The highest BCUT2D eigenvalue weighted by Gasteiger charge is 2.22. The van der Waals surface area contributed by atoms with Crippen LogP contribution in [0.25, 0.3) is 0 Å². The zero-order valence-corrected chi connectivity index (χ0v) is 19.3. The summed E-state index contributed by atoms with van der Waals surface area (Å²) in [6.07, 6.45) is 21.1. The summed E-state index contributed by atoms with van der Waals surface area (Å²) >= 11 is 0. The number of rotatable bonds is 11. The van der Waals surface area contributed by atoms with Crippen molar-refractivity contribution in [2.24, 2.45) is 17.8 Å². The molecule has 0 aliphatic heterocycles. The average Bonchev–Trinajstić information content (AvgIpc) is 2.76. The van der Waals surface area contributed by atoms with Gasteiger partial charge in [0.15, 0.2) is 0 Å². The Kier molecular flexibility index (Phi) is 9.91. The van der Waals surface area contributed by atoms with E-state index in [0.717, 1.165) is 36.0 Å². The summed E-state index contributed by atoms with van der Waals surface area (Å²) in [4.78, 5) is 0. The van der Waals surface area contributed by atoms with E-state index in [0.29, 0.717) is 0 Å². The van der Waals surface area contributed by atoms with Crippen LogP contribution in [-0.4, -0.2) is 6.61 Å². The van der Waals surface area contributed by atoms with E-state index in [9.17, 15) is 0 Å². The Bertz CT molecular complexity index is 540. The maximum absolute atomic E-state index is 6.06. The van der Waals surface area contributed by atoms with Gasteiger partial charge < -0.3 is 4.74 Å². The van der Waals surface area contributed by atoms with E-state index >= 15 is 0 Å². The smallest absolute Gasteiger partial charge is 0.119 e. The van der Waals surface area contributed by atoms with Crippen LogP contribution in [0, 0.1) is 17.8 Å². The average molecular weight is 399 g/mol. The number of benzene rings is 1. The fraction of sp³-hybridized carbons (Fsp3) is 0.786. The van der Waals surface area contributed by atoms with Crippen molar-refractivity contribution in [2.75, 3.05) is 6.61 Å². The standard InChI is InChI=1S/C28H46O/c1-3-4-5-6-11-24-14-16-26(17-15-24)27-18-20-28(21-19-27)29-22-9-13-25-12-8-7-10-23(25)2/h18-21,23-26H,3-17,22H2,1-2H3. The van der Waals surface area contributed by atoms with Crippen molar-refractivity contribution in [2.45, 2.75) is 116 Å². The van der Waals surface area contributed by atoms with Gasteiger partial charge in [-0.15, -0.1) is 0 Å². The first-order chi connectivity index (χ1) is 14.3. The Morgan fingerprint density at radius 2 is 1.55 bits per heavy atom. The van der Waals surface area contributed by atoms with E-state index in [-0.39, 0.29) is 0 Å². The van der Waals surface area contributed by atoms with Gasteiger partial charge in [-0.2, -0.15) is 0 Å². The summed E-state index contributed by atoms with van der Waals surface area (Å²) in [5.74, 6) is 4.71. The van der Waals surface area contributed by atoms with Gasteiger partial charge >= 0.3 is 0 Å². The molecule has 0 N–H and O–H groups in total. The van der Waals surface area contributed by atoms with Crippen molar-refractivity contribution in [1.29, 1.82) is 0 Å². The summed E-state index contributed by atoms with van der Waals surface area (Å²) in [6.45, 7) is 5.63. The SMILES string of the molecule is CCCCCCC1CCC(c2ccc(OCCCC3CCCCC3C)cc2)CC1. The van der Waals surface area contributed by atoms with Crippen molar-refractivity contribution in [3.63, 3.8) is 0 Å². The number of hydrogen-bond donors (Lipinski definition) is 0. The highest BCUT2D eigenvalue weighted by Crippen LogP contribution is 2.38. The van der Waals surface area contributed by atoms with Crippen LogP contribution >= 0.6 is 0 Å². The van der Waals surface area contributed by atoms with Gasteiger partial charge in [-0.05, 0) is 79.9 Å². The molecule has 164 valence electrons. The fourth-order valence-electron chi connectivity index (χ4n) is 5.84. The second-order valence-electron chi connectivity index (χ2n) is 10.1. The Labute approximate surface area is 181 Å². The highest BCUT2D eigenvalue weighted by molar-refractivity contribution is 5.29. The van der Waals surface area contributed by atoms with Crippen LogP contribution in [0.2, 0.25) is 0 Å². The van der Waals surface area contributed by atoms with Crippen LogP contribution in [-0.2, 0) is 0 Å². The van der Waals surface area contributed by atoms with Crippen LogP contribution in [0.15, 0.2) is 24.3 Å². The molecule has 2 unspecified atom stereocenters. The zero-order chi connectivity index (χ0) is 20.3. The van der Waals surface area contributed by atoms with Gasteiger partial charge in [0.2, 0.25) is 0 Å². The molecule has 0 aromatic heterocycles. The molecule has 0 heterocycles. The third kappa shape index (κ3) is 7.65. The number of hydrogen-bond acceptors (Lipinski definition) is 1. The highest BCUT2D eigenvalue weighted by atomic mass is 16.5. The molecule has 2 fully saturated rings. The van der Waals surface area contributed by atoms with E-state index in [1.807, 2.05) is 0 Å². The molecular formula is C28H46O. The van der Waals surface area contributed by atoms with Gasteiger partial charge in [-0.3, -0.25) is 0 Å². The molecule has 0 radical (unpaired) electrons. The van der Waals surface area contributed by atoms with Crippen molar-refractivity contribution in [1.82, 2.24) is 0 Å². The van der Waals surface area contributed by atoms with Crippen LogP contribution in [0.3, 0.4) is 0 Å². The molecule has 0 bridgehead atoms. The summed E-state index contributed by atoms with van der Waals surface area (Å²) in [7, 11) is 0.